The van der Waals surface area contributed by atoms with Crippen molar-refractivity contribution in [2.45, 2.75) is 13.5 Å². The van der Waals surface area contributed by atoms with Gasteiger partial charge in [0.1, 0.15) is 10.8 Å². The minimum Gasteiger partial charge on any atom is -0.389 e. The van der Waals surface area contributed by atoms with Crippen molar-refractivity contribution in [2.75, 3.05) is 27.2 Å². The van der Waals surface area contributed by atoms with Crippen molar-refractivity contribution in [1.82, 2.24) is 9.80 Å². The molecular formula is C14H20FN3OS. The maximum absolute atomic E-state index is 14.0. The number of carbonyl (C=O) groups is 1. The van der Waals surface area contributed by atoms with Gasteiger partial charge in [-0.1, -0.05) is 31.3 Å². The van der Waals surface area contributed by atoms with Gasteiger partial charge < -0.3 is 10.6 Å². The molecule has 0 spiro atoms. The van der Waals surface area contributed by atoms with Crippen molar-refractivity contribution >= 4 is 23.1 Å². The van der Waals surface area contributed by atoms with Crippen LogP contribution >= 0.6 is 12.2 Å². The van der Waals surface area contributed by atoms with Crippen molar-refractivity contribution in [2.24, 2.45) is 5.73 Å². The number of rotatable bonds is 6. The zero-order valence-corrected chi connectivity index (χ0v) is 12.8. The van der Waals surface area contributed by atoms with Gasteiger partial charge in [0.15, 0.2) is 0 Å². The number of thiocarbonyl (C=S) groups is 1. The number of nitrogens with two attached hydrogens (primary N) is 1. The van der Waals surface area contributed by atoms with Crippen LogP contribution in [0.4, 0.5) is 4.39 Å². The Hall–Kier alpha value is -1.53. The van der Waals surface area contributed by atoms with Gasteiger partial charge in [-0.2, -0.15) is 0 Å². The van der Waals surface area contributed by atoms with E-state index in [2.05, 4.69) is 0 Å². The van der Waals surface area contributed by atoms with E-state index in [-0.39, 0.29) is 23.3 Å². The highest BCUT2D eigenvalue weighted by Crippen LogP contribution is 2.13. The average molecular weight is 297 g/mol. The van der Waals surface area contributed by atoms with Crippen molar-refractivity contribution in [1.29, 1.82) is 0 Å². The van der Waals surface area contributed by atoms with Crippen LogP contribution in [0.3, 0.4) is 0 Å². The second-order valence-corrected chi connectivity index (χ2v) is 5.20. The van der Waals surface area contributed by atoms with Crippen LogP contribution in [-0.2, 0) is 11.3 Å². The molecule has 1 amide bonds. The van der Waals surface area contributed by atoms with Gasteiger partial charge in [0, 0.05) is 31.8 Å². The van der Waals surface area contributed by atoms with E-state index < -0.39 is 0 Å². The molecule has 0 unspecified atom stereocenters. The number of nitrogens with zero attached hydrogens (tertiary/aromatic N) is 2. The van der Waals surface area contributed by atoms with Gasteiger partial charge in [-0.05, 0) is 12.6 Å². The number of carbonyl (C=O) groups excluding carboxylic acids is 1. The summed E-state index contributed by atoms with van der Waals surface area (Å²) in [4.78, 5) is 15.3. The molecule has 4 nitrogen and oxygen atoms in total. The van der Waals surface area contributed by atoms with Crippen LogP contribution in [0.1, 0.15) is 18.1 Å². The van der Waals surface area contributed by atoms with E-state index >= 15 is 0 Å². The Morgan fingerprint density at radius 2 is 2.05 bits per heavy atom. The number of hydrogen-bond acceptors (Lipinski definition) is 3. The molecule has 0 fully saturated rings. The summed E-state index contributed by atoms with van der Waals surface area (Å²) in [6, 6.07) is 4.69. The minimum absolute atomic E-state index is 0.00739. The van der Waals surface area contributed by atoms with Crippen molar-refractivity contribution in [3.8, 4) is 0 Å². The van der Waals surface area contributed by atoms with Gasteiger partial charge >= 0.3 is 0 Å². The van der Waals surface area contributed by atoms with Crippen molar-refractivity contribution in [3.05, 3.63) is 35.1 Å². The molecule has 0 aromatic heterocycles. The lowest BCUT2D eigenvalue weighted by molar-refractivity contribution is -0.130. The molecule has 110 valence electrons. The molecule has 0 heterocycles. The second kappa shape index (κ2) is 7.31. The number of hydrogen-bond donors (Lipinski definition) is 1. The fraction of sp³-hybridized carbons (Fsp3) is 0.429. The topological polar surface area (TPSA) is 49.6 Å². The maximum Gasteiger partial charge on any atom is 0.236 e. The summed E-state index contributed by atoms with van der Waals surface area (Å²) in [6.45, 7) is 3.24. The highest BCUT2D eigenvalue weighted by Gasteiger charge is 2.13. The van der Waals surface area contributed by atoms with E-state index in [4.69, 9.17) is 18.0 Å². The van der Waals surface area contributed by atoms with E-state index in [1.165, 1.54) is 11.0 Å². The largest absolute Gasteiger partial charge is 0.389 e. The number of benzene rings is 1. The van der Waals surface area contributed by atoms with E-state index in [1.54, 1.807) is 26.2 Å². The Morgan fingerprint density at radius 3 is 2.50 bits per heavy atom. The summed E-state index contributed by atoms with van der Waals surface area (Å²) in [5.41, 5.74) is 6.50. The molecule has 1 rings (SSSR count). The fourth-order valence-electron chi connectivity index (χ4n) is 1.68. The summed E-state index contributed by atoms with van der Waals surface area (Å²) in [5.74, 6) is -0.363. The lowest BCUT2D eigenvalue weighted by Gasteiger charge is -2.22. The first-order valence-corrected chi connectivity index (χ1v) is 6.76. The SMILES string of the molecule is CCN(CC(=O)N(C)C)Cc1ccc(C(N)=S)cc1F. The number of likely N-dealkylation sites (N-methyl/N-ethyl adjacent to an activating group) is 2. The molecule has 0 aliphatic carbocycles. The van der Waals surface area contributed by atoms with Gasteiger partial charge in [0.05, 0.1) is 6.54 Å². The van der Waals surface area contributed by atoms with Crippen molar-refractivity contribution < 1.29 is 9.18 Å². The third-order valence-corrected chi connectivity index (χ3v) is 3.27. The van der Waals surface area contributed by atoms with Gasteiger partial charge in [0.25, 0.3) is 0 Å². The monoisotopic (exact) mass is 297 g/mol. The standard InChI is InChI=1S/C14H20FN3OS/c1-4-18(9-13(19)17(2)3)8-11-6-5-10(14(16)20)7-12(11)15/h5-7H,4,8-9H2,1-3H3,(H2,16,20). The quantitative estimate of drug-likeness (QED) is 0.806. The van der Waals surface area contributed by atoms with Gasteiger partial charge in [-0.15, -0.1) is 0 Å². The summed E-state index contributed by atoms with van der Waals surface area (Å²) < 4.78 is 14.0. The Morgan fingerprint density at radius 1 is 1.40 bits per heavy atom. The third-order valence-electron chi connectivity index (χ3n) is 3.04. The summed E-state index contributed by atoms with van der Waals surface area (Å²) in [6.07, 6.45) is 0. The molecule has 0 aliphatic heterocycles. The first-order valence-electron chi connectivity index (χ1n) is 6.35. The predicted octanol–water partition coefficient (Wildman–Crippen LogP) is 1.37. The molecule has 2 N–H and O–H groups in total. The molecule has 1 aromatic carbocycles. The molecule has 0 atom stereocenters. The van der Waals surface area contributed by atoms with E-state index in [9.17, 15) is 9.18 Å². The Labute approximate surface area is 124 Å². The van der Waals surface area contributed by atoms with Crippen LogP contribution in [0.2, 0.25) is 0 Å². The number of amides is 1. The summed E-state index contributed by atoms with van der Waals surface area (Å²) in [7, 11) is 3.40. The molecule has 1 aromatic rings. The van der Waals surface area contributed by atoms with Crippen LogP contribution in [0, 0.1) is 5.82 Å². The second-order valence-electron chi connectivity index (χ2n) is 4.76. The smallest absolute Gasteiger partial charge is 0.236 e. The van der Waals surface area contributed by atoms with Gasteiger partial charge in [-0.25, -0.2) is 4.39 Å². The molecule has 0 aliphatic rings. The highest BCUT2D eigenvalue weighted by atomic mass is 32.1. The Kier molecular flexibility index (Phi) is 6.04. The number of halogens is 1. The molecule has 20 heavy (non-hydrogen) atoms. The Balaban J connectivity index is 2.80. The van der Waals surface area contributed by atoms with Crippen LogP contribution < -0.4 is 5.73 Å². The zero-order chi connectivity index (χ0) is 15.3. The molecule has 0 radical (unpaired) electrons. The van der Waals surface area contributed by atoms with E-state index in [0.717, 1.165) is 0 Å². The maximum atomic E-state index is 14.0. The van der Waals surface area contributed by atoms with Crippen LogP contribution in [0.5, 0.6) is 0 Å². The third kappa shape index (κ3) is 4.54. The summed E-state index contributed by atoms with van der Waals surface area (Å²) in [5, 5.41) is 0. The van der Waals surface area contributed by atoms with Crippen LogP contribution in [0.15, 0.2) is 18.2 Å². The molecule has 6 heteroatoms. The normalized spacial score (nSPS) is 10.7. The minimum atomic E-state index is -0.356. The fourth-order valence-corrected chi connectivity index (χ4v) is 1.81. The average Bonchev–Trinajstić information content (AvgIpc) is 2.39. The first-order chi connectivity index (χ1) is 9.35. The van der Waals surface area contributed by atoms with E-state index in [0.29, 0.717) is 24.2 Å². The first kappa shape index (κ1) is 16.5. The molecule has 0 bridgehead atoms. The van der Waals surface area contributed by atoms with Gasteiger partial charge in [-0.3, -0.25) is 9.69 Å². The lowest BCUT2D eigenvalue weighted by atomic mass is 10.1. The predicted molar refractivity (Wildman–Crippen MR) is 81.9 cm³/mol. The van der Waals surface area contributed by atoms with Crippen LogP contribution in [-0.4, -0.2) is 47.9 Å². The van der Waals surface area contributed by atoms with Crippen LogP contribution in [0.25, 0.3) is 0 Å². The molecular weight excluding hydrogens is 277 g/mol. The lowest BCUT2D eigenvalue weighted by Crippen LogP contribution is -2.36. The highest BCUT2D eigenvalue weighted by molar-refractivity contribution is 7.80. The summed E-state index contributed by atoms with van der Waals surface area (Å²) >= 11 is 4.81. The zero-order valence-electron chi connectivity index (χ0n) is 12.0. The van der Waals surface area contributed by atoms with Gasteiger partial charge in [0.2, 0.25) is 5.91 Å². The molecule has 0 saturated carbocycles. The van der Waals surface area contributed by atoms with Crippen molar-refractivity contribution in [3.63, 3.8) is 0 Å². The Bertz CT molecular complexity index is 505. The molecule has 0 saturated heterocycles. The van der Waals surface area contributed by atoms with E-state index in [1.807, 2.05) is 11.8 Å².